The van der Waals surface area contributed by atoms with Gasteiger partial charge in [0, 0.05) is 30.0 Å². The highest BCUT2D eigenvalue weighted by Crippen LogP contribution is 2.37. The van der Waals surface area contributed by atoms with Crippen molar-refractivity contribution in [1.29, 1.82) is 0 Å². The molecule has 1 heterocycles. The predicted octanol–water partition coefficient (Wildman–Crippen LogP) is 4.04. The van der Waals surface area contributed by atoms with Crippen LogP contribution in [0.15, 0.2) is 42.5 Å². The number of hydrogen-bond donors (Lipinski definition) is 1. The van der Waals surface area contributed by atoms with Crippen molar-refractivity contribution >= 4 is 23.2 Å². The van der Waals surface area contributed by atoms with Crippen molar-refractivity contribution in [2.24, 2.45) is 0 Å². The van der Waals surface area contributed by atoms with Crippen LogP contribution in [0.3, 0.4) is 0 Å². The summed E-state index contributed by atoms with van der Waals surface area (Å²) < 4.78 is 16.1. The zero-order valence-electron chi connectivity index (χ0n) is 14.9. The summed E-state index contributed by atoms with van der Waals surface area (Å²) in [6.45, 7) is 1.09. The van der Waals surface area contributed by atoms with Crippen molar-refractivity contribution < 1.29 is 19.0 Å². The minimum Gasteiger partial charge on any atom is -0.493 e. The van der Waals surface area contributed by atoms with E-state index in [1.807, 2.05) is 24.3 Å². The van der Waals surface area contributed by atoms with Gasteiger partial charge in [0.25, 0.3) is 0 Å². The van der Waals surface area contributed by atoms with Crippen molar-refractivity contribution in [2.45, 2.75) is 18.3 Å². The van der Waals surface area contributed by atoms with Crippen molar-refractivity contribution in [3.05, 3.63) is 53.1 Å². The molecule has 1 fully saturated rings. The van der Waals surface area contributed by atoms with Gasteiger partial charge >= 0.3 is 0 Å². The van der Waals surface area contributed by atoms with Crippen LogP contribution in [0.4, 0.5) is 5.69 Å². The lowest BCUT2D eigenvalue weighted by Gasteiger charge is -2.36. The lowest BCUT2D eigenvalue weighted by atomic mass is 9.73. The molecular weight excluding hydrogens is 354 g/mol. The molecule has 3 rings (SSSR count). The molecule has 26 heavy (non-hydrogen) atoms. The molecule has 1 aliphatic rings. The highest BCUT2D eigenvalue weighted by atomic mass is 35.5. The Hall–Kier alpha value is -2.24. The molecule has 5 nitrogen and oxygen atoms in total. The predicted molar refractivity (Wildman–Crippen MR) is 101 cm³/mol. The second-order valence-electron chi connectivity index (χ2n) is 6.23. The van der Waals surface area contributed by atoms with E-state index in [0.29, 0.717) is 48.3 Å². The molecule has 0 aliphatic carbocycles. The molecule has 0 spiro atoms. The Balaban J connectivity index is 1.90. The Morgan fingerprint density at radius 2 is 1.69 bits per heavy atom. The fraction of sp³-hybridized carbons (Fsp3) is 0.350. The first-order valence-corrected chi connectivity index (χ1v) is 8.84. The third-order valence-corrected chi connectivity index (χ3v) is 5.07. The van der Waals surface area contributed by atoms with Crippen molar-refractivity contribution in [3.8, 4) is 11.5 Å². The van der Waals surface area contributed by atoms with E-state index in [1.54, 1.807) is 32.4 Å². The van der Waals surface area contributed by atoms with E-state index in [9.17, 15) is 4.79 Å². The third kappa shape index (κ3) is 3.64. The first-order valence-electron chi connectivity index (χ1n) is 8.46. The number of carbonyl (C=O) groups excluding carboxylic acids is 1. The molecule has 0 radical (unpaired) electrons. The molecule has 1 aliphatic heterocycles. The summed E-state index contributed by atoms with van der Waals surface area (Å²) in [7, 11) is 3.14. The summed E-state index contributed by atoms with van der Waals surface area (Å²) in [5.41, 5.74) is 0.964. The number of anilines is 1. The van der Waals surface area contributed by atoms with Gasteiger partial charge in [-0.05, 0) is 42.7 Å². The van der Waals surface area contributed by atoms with Crippen LogP contribution in [-0.2, 0) is 14.9 Å². The molecule has 1 amide bonds. The van der Waals surface area contributed by atoms with Crippen LogP contribution in [0, 0.1) is 0 Å². The lowest BCUT2D eigenvalue weighted by Crippen LogP contribution is -2.44. The number of methoxy groups -OCH3 is 2. The maximum Gasteiger partial charge on any atom is 0.235 e. The Bertz CT molecular complexity index is 770. The maximum atomic E-state index is 13.3. The number of amides is 1. The molecule has 1 N–H and O–H groups in total. The van der Waals surface area contributed by atoms with Gasteiger partial charge in [-0.2, -0.15) is 0 Å². The van der Waals surface area contributed by atoms with E-state index in [2.05, 4.69) is 5.32 Å². The normalized spacial score (nSPS) is 16.0. The van der Waals surface area contributed by atoms with Gasteiger partial charge in [-0.1, -0.05) is 23.7 Å². The van der Waals surface area contributed by atoms with E-state index in [0.717, 1.165) is 5.56 Å². The summed E-state index contributed by atoms with van der Waals surface area (Å²) in [5, 5.41) is 3.68. The van der Waals surface area contributed by atoms with Gasteiger partial charge in [-0.25, -0.2) is 0 Å². The highest BCUT2D eigenvalue weighted by Gasteiger charge is 2.41. The van der Waals surface area contributed by atoms with Gasteiger partial charge in [0.2, 0.25) is 5.91 Å². The summed E-state index contributed by atoms with van der Waals surface area (Å²) >= 11 is 6.02. The smallest absolute Gasteiger partial charge is 0.235 e. The molecule has 0 atom stereocenters. The minimum absolute atomic E-state index is 0.0599. The van der Waals surface area contributed by atoms with E-state index < -0.39 is 5.41 Å². The molecular formula is C20H22ClNO4. The monoisotopic (exact) mass is 375 g/mol. The average molecular weight is 376 g/mol. The van der Waals surface area contributed by atoms with Gasteiger partial charge in [0.05, 0.1) is 19.6 Å². The van der Waals surface area contributed by atoms with Gasteiger partial charge in [-0.3, -0.25) is 4.79 Å². The van der Waals surface area contributed by atoms with Gasteiger partial charge < -0.3 is 19.5 Å². The molecule has 2 aromatic rings. The second kappa shape index (κ2) is 7.98. The average Bonchev–Trinajstić information content (AvgIpc) is 2.68. The van der Waals surface area contributed by atoms with E-state index in [4.69, 9.17) is 25.8 Å². The number of benzene rings is 2. The Morgan fingerprint density at radius 1 is 1.04 bits per heavy atom. The molecule has 138 valence electrons. The number of nitrogens with one attached hydrogen (secondary N) is 1. The van der Waals surface area contributed by atoms with Crippen LogP contribution in [0.2, 0.25) is 5.02 Å². The van der Waals surface area contributed by atoms with Crippen LogP contribution in [-0.4, -0.2) is 33.3 Å². The Kier molecular flexibility index (Phi) is 5.69. The zero-order valence-corrected chi connectivity index (χ0v) is 15.6. The minimum atomic E-state index is -0.643. The summed E-state index contributed by atoms with van der Waals surface area (Å²) in [6, 6.07) is 12.8. The quantitative estimate of drug-likeness (QED) is 0.856. The largest absolute Gasteiger partial charge is 0.493 e. The maximum absolute atomic E-state index is 13.3. The molecule has 0 saturated carbocycles. The van der Waals surface area contributed by atoms with Gasteiger partial charge in [-0.15, -0.1) is 0 Å². The lowest BCUT2D eigenvalue weighted by molar-refractivity contribution is -0.125. The highest BCUT2D eigenvalue weighted by molar-refractivity contribution is 6.30. The van der Waals surface area contributed by atoms with Crippen LogP contribution in [0.5, 0.6) is 11.5 Å². The number of hydrogen-bond acceptors (Lipinski definition) is 4. The van der Waals surface area contributed by atoms with Crippen molar-refractivity contribution in [2.75, 3.05) is 32.8 Å². The number of ether oxygens (including phenoxy) is 3. The topological polar surface area (TPSA) is 56.8 Å². The third-order valence-electron chi connectivity index (χ3n) is 4.82. The first-order chi connectivity index (χ1) is 12.6. The molecule has 2 aromatic carbocycles. The van der Waals surface area contributed by atoms with Gasteiger partial charge in [0.15, 0.2) is 11.5 Å². The standard InChI is InChI=1S/C20H22ClNO4/c1-24-17-8-7-16(13-18(17)25-2)22-19(23)20(9-11-26-12-10-20)14-3-5-15(21)6-4-14/h3-8,13H,9-12H2,1-2H3,(H,22,23). The van der Waals surface area contributed by atoms with Crippen LogP contribution < -0.4 is 14.8 Å². The van der Waals surface area contributed by atoms with Crippen LogP contribution in [0.1, 0.15) is 18.4 Å². The Morgan fingerprint density at radius 3 is 2.31 bits per heavy atom. The van der Waals surface area contributed by atoms with Crippen molar-refractivity contribution in [1.82, 2.24) is 0 Å². The second-order valence-corrected chi connectivity index (χ2v) is 6.66. The number of halogens is 1. The van der Waals surface area contributed by atoms with E-state index in [-0.39, 0.29) is 5.91 Å². The van der Waals surface area contributed by atoms with Crippen LogP contribution >= 0.6 is 11.6 Å². The van der Waals surface area contributed by atoms with Crippen molar-refractivity contribution in [3.63, 3.8) is 0 Å². The number of carbonyl (C=O) groups is 1. The van der Waals surface area contributed by atoms with E-state index >= 15 is 0 Å². The SMILES string of the molecule is COc1ccc(NC(=O)C2(c3ccc(Cl)cc3)CCOCC2)cc1OC. The Labute approximate surface area is 158 Å². The fourth-order valence-corrected chi connectivity index (χ4v) is 3.43. The molecule has 1 saturated heterocycles. The summed E-state index contributed by atoms with van der Waals surface area (Å²) in [4.78, 5) is 13.3. The summed E-state index contributed by atoms with van der Waals surface area (Å²) in [6.07, 6.45) is 1.24. The van der Waals surface area contributed by atoms with Crippen LogP contribution in [0.25, 0.3) is 0 Å². The molecule has 6 heteroatoms. The number of rotatable bonds is 5. The van der Waals surface area contributed by atoms with Gasteiger partial charge in [0.1, 0.15) is 0 Å². The van der Waals surface area contributed by atoms with E-state index in [1.165, 1.54) is 0 Å². The molecule has 0 aromatic heterocycles. The first kappa shape index (κ1) is 18.5. The fourth-order valence-electron chi connectivity index (χ4n) is 3.30. The summed E-state index contributed by atoms with van der Waals surface area (Å²) in [5.74, 6) is 1.12. The molecule has 0 unspecified atom stereocenters. The molecule has 0 bridgehead atoms. The zero-order chi connectivity index (χ0) is 18.6.